The molecule has 4 heterocycles. The van der Waals surface area contributed by atoms with Crippen molar-refractivity contribution in [2.75, 3.05) is 13.1 Å². The summed E-state index contributed by atoms with van der Waals surface area (Å²) in [5.41, 5.74) is 5.55. The monoisotopic (exact) mass is 583 g/mol. The molecule has 2 aliphatic rings. The van der Waals surface area contributed by atoms with Crippen molar-refractivity contribution >= 4 is 22.6 Å². The summed E-state index contributed by atoms with van der Waals surface area (Å²) >= 11 is 5.98. The van der Waals surface area contributed by atoms with Crippen molar-refractivity contribution in [3.63, 3.8) is 0 Å². The van der Waals surface area contributed by atoms with Gasteiger partial charge in [0, 0.05) is 42.5 Å². The minimum absolute atomic E-state index is 0.317. The number of halogens is 2. The molecule has 2 aromatic heterocycles. The number of benzene rings is 3. The molecule has 0 amide bonds. The van der Waals surface area contributed by atoms with E-state index in [1.54, 1.807) is 19.1 Å². The largest absolute Gasteiger partial charge is 0.444 e. The maximum atomic E-state index is 14.8. The molecule has 7 nitrogen and oxygen atoms in total. The molecule has 42 heavy (non-hydrogen) atoms. The van der Waals surface area contributed by atoms with Gasteiger partial charge in [0.25, 0.3) is 5.79 Å². The molecule has 214 valence electrons. The smallest absolute Gasteiger partial charge is 0.278 e. The molecule has 0 radical (unpaired) electrons. The van der Waals surface area contributed by atoms with E-state index in [1.807, 2.05) is 31.5 Å². The number of para-hydroxylation sites is 1. The minimum Gasteiger partial charge on any atom is -0.444 e. The molecule has 1 saturated heterocycles. The highest BCUT2D eigenvalue weighted by molar-refractivity contribution is 6.30. The topological polar surface area (TPSA) is 65.3 Å². The van der Waals surface area contributed by atoms with Crippen LogP contribution in [0.3, 0.4) is 0 Å². The standard InChI is InChI=1S/C33H31ClFN5O2/c1-20-36-17-23(18-37-20)22-7-10-29-28(15-22)38-31(39(29)3)19-40-13-11-21(12-14-40)25-5-4-6-30-32(25)42-33(2,41-30)26-9-8-24(34)16-27(26)35/h4-10,15-18,21H,11-14,19H2,1-3H3. The Balaban J connectivity index is 1.05. The molecule has 2 aliphatic heterocycles. The number of ether oxygens (including phenoxy) is 2. The summed E-state index contributed by atoms with van der Waals surface area (Å²) in [6, 6.07) is 16.9. The van der Waals surface area contributed by atoms with Gasteiger partial charge >= 0.3 is 0 Å². The first-order valence-electron chi connectivity index (χ1n) is 14.2. The number of imidazole rings is 1. The molecular formula is C33H31ClFN5O2. The van der Waals surface area contributed by atoms with Gasteiger partial charge in [-0.15, -0.1) is 0 Å². The van der Waals surface area contributed by atoms with E-state index in [4.69, 9.17) is 26.1 Å². The number of likely N-dealkylation sites (tertiary alicyclic amines) is 1. The van der Waals surface area contributed by atoms with Gasteiger partial charge in [0.15, 0.2) is 11.5 Å². The molecule has 7 rings (SSSR count). The highest BCUT2D eigenvalue weighted by Crippen LogP contribution is 2.49. The van der Waals surface area contributed by atoms with Crippen LogP contribution >= 0.6 is 11.6 Å². The zero-order valence-electron chi connectivity index (χ0n) is 23.8. The fourth-order valence-corrected chi connectivity index (χ4v) is 6.31. The second-order valence-corrected chi connectivity index (χ2v) is 11.7. The molecule has 0 N–H and O–H groups in total. The van der Waals surface area contributed by atoms with E-state index in [0.717, 1.165) is 71.8 Å². The van der Waals surface area contributed by atoms with Crippen LogP contribution in [0.15, 0.2) is 67.0 Å². The Hall–Kier alpha value is -4.01. The summed E-state index contributed by atoms with van der Waals surface area (Å²) in [4.78, 5) is 16.1. The summed E-state index contributed by atoms with van der Waals surface area (Å²) in [7, 11) is 2.08. The first kappa shape index (κ1) is 26.9. The molecule has 1 atom stereocenters. The van der Waals surface area contributed by atoms with Crippen molar-refractivity contribution in [2.24, 2.45) is 7.05 Å². The Morgan fingerprint density at radius 1 is 1.00 bits per heavy atom. The van der Waals surface area contributed by atoms with Crippen LogP contribution in [0.1, 0.15) is 48.5 Å². The first-order valence-corrected chi connectivity index (χ1v) is 14.6. The molecule has 0 saturated carbocycles. The van der Waals surface area contributed by atoms with Crippen LogP contribution < -0.4 is 9.47 Å². The third kappa shape index (κ3) is 4.78. The lowest BCUT2D eigenvalue weighted by Gasteiger charge is -2.32. The molecule has 3 aromatic carbocycles. The lowest BCUT2D eigenvalue weighted by molar-refractivity contribution is -0.0712. The Bertz CT molecular complexity index is 1800. The van der Waals surface area contributed by atoms with Crippen LogP contribution in [0.4, 0.5) is 4.39 Å². The molecule has 1 fully saturated rings. The Kier molecular flexibility index (Phi) is 6.63. The van der Waals surface area contributed by atoms with E-state index in [1.165, 1.54) is 6.07 Å². The van der Waals surface area contributed by atoms with E-state index in [2.05, 4.69) is 50.7 Å². The van der Waals surface area contributed by atoms with Crippen molar-refractivity contribution < 1.29 is 13.9 Å². The van der Waals surface area contributed by atoms with Crippen molar-refractivity contribution in [1.82, 2.24) is 24.4 Å². The molecule has 1 unspecified atom stereocenters. The number of fused-ring (bicyclic) bond motifs is 2. The second kappa shape index (κ2) is 10.4. The van der Waals surface area contributed by atoms with E-state index in [-0.39, 0.29) is 0 Å². The summed E-state index contributed by atoms with van der Waals surface area (Å²) in [6.07, 6.45) is 5.67. The van der Waals surface area contributed by atoms with E-state index in [0.29, 0.717) is 28.0 Å². The maximum absolute atomic E-state index is 14.8. The summed E-state index contributed by atoms with van der Waals surface area (Å²) < 4.78 is 29.5. The van der Waals surface area contributed by atoms with E-state index >= 15 is 0 Å². The molecule has 0 spiro atoms. The average Bonchev–Trinajstić information content (AvgIpc) is 3.49. The van der Waals surface area contributed by atoms with Gasteiger partial charge in [-0.25, -0.2) is 19.3 Å². The zero-order chi connectivity index (χ0) is 29.0. The highest BCUT2D eigenvalue weighted by Gasteiger charge is 2.43. The van der Waals surface area contributed by atoms with Crippen LogP contribution in [-0.2, 0) is 19.4 Å². The van der Waals surface area contributed by atoms with Crippen LogP contribution in [-0.4, -0.2) is 37.5 Å². The second-order valence-electron chi connectivity index (χ2n) is 11.3. The van der Waals surface area contributed by atoms with E-state index in [9.17, 15) is 4.39 Å². The van der Waals surface area contributed by atoms with Gasteiger partial charge in [-0.1, -0.05) is 29.8 Å². The van der Waals surface area contributed by atoms with Gasteiger partial charge in [0.1, 0.15) is 17.5 Å². The Morgan fingerprint density at radius 2 is 1.79 bits per heavy atom. The molecule has 0 aliphatic carbocycles. The van der Waals surface area contributed by atoms with Crippen LogP contribution in [0.5, 0.6) is 11.5 Å². The van der Waals surface area contributed by atoms with Gasteiger partial charge in [0.2, 0.25) is 0 Å². The van der Waals surface area contributed by atoms with Crippen molar-refractivity contribution in [1.29, 1.82) is 0 Å². The average molecular weight is 584 g/mol. The molecule has 5 aromatic rings. The molecule has 0 bridgehead atoms. The Labute approximate surface area is 248 Å². The highest BCUT2D eigenvalue weighted by atomic mass is 35.5. The van der Waals surface area contributed by atoms with Crippen LogP contribution in [0, 0.1) is 12.7 Å². The van der Waals surface area contributed by atoms with Crippen molar-refractivity contribution in [3.8, 4) is 22.6 Å². The predicted molar refractivity (Wildman–Crippen MR) is 160 cm³/mol. The number of aromatic nitrogens is 4. The Morgan fingerprint density at radius 3 is 2.55 bits per heavy atom. The van der Waals surface area contributed by atoms with E-state index < -0.39 is 11.6 Å². The first-order chi connectivity index (χ1) is 20.3. The van der Waals surface area contributed by atoms with Gasteiger partial charge in [-0.2, -0.15) is 0 Å². The lowest BCUT2D eigenvalue weighted by atomic mass is 9.88. The number of nitrogens with zero attached hydrogens (tertiary/aromatic N) is 5. The number of aryl methyl sites for hydroxylation is 2. The molecular weight excluding hydrogens is 553 g/mol. The van der Waals surface area contributed by atoms with Crippen molar-refractivity contribution in [3.05, 3.63) is 101 Å². The predicted octanol–water partition coefficient (Wildman–Crippen LogP) is 7.15. The third-order valence-corrected chi connectivity index (χ3v) is 8.75. The number of hydrogen-bond acceptors (Lipinski definition) is 6. The normalized spacial score (nSPS) is 19.1. The number of piperidine rings is 1. The fourth-order valence-electron chi connectivity index (χ4n) is 6.15. The molecule has 9 heteroatoms. The van der Waals surface area contributed by atoms with Crippen LogP contribution in [0.25, 0.3) is 22.2 Å². The quantitative estimate of drug-likeness (QED) is 0.219. The summed E-state index contributed by atoms with van der Waals surface area (Å²) in [5.74, 6) is 1.76. The van der Waals surface area contributed by atoms with Gasteiger partial charge in [-0.05, 0) is 80.7 Å². The van der Waals surface area contributed by atoms with Gasteiger partial charge < -0.3 is 14.0 Å². The summed E-state index contributed by atoms with van der Waals surface area (Å²) in [6.45, 7) is 6.29. The minimum atomic E-state index is -1.25. The zero-order valence-corrected chi connectivity index (χ0v) is 24.5. The van der Waals surface area contributed by atoms with Gasteiger partial charge in [0.05, 0.1) is 23.1 Å². The van der Waals surface area contributed by atoms with Crippen molar-refractivity contribution in [2.45, 2.75) is 44.9 Å². The fraction of sp³-hybridized carbons (Fsp3) is 0.303. The lowest BCUT2D eigenvalue weighted by Crippen LogP contribution is -2.34. The number of hydrogen-bond donors (Lipinski definition) is 0. The SMILES string of the molecule is Cc1ncc(-c2ccc3c(c2)nc(CN2CCC(c4cccc5c4OC(C)(c4ccc(Cl)cc4F)O5)CC2)n3C)cn1. The van der Waals surface area contributed by atoms with Gasteiger partial charge in [-0.3, -0.25) is 4.90 Å². The number of rotatable bonds is 5. The van der Waals surface area contributed by atoms with Crippen LogP contribution in [0.2, 0.25) is 5.02 Å². The maximum Gasteiger partial charge on any atom is 0.278 e. The summed E-state index contributed by atoms with van der Waals surface area (Å²) in [5, 5.41) is 0.337. The third-order valence-electron chi connectivity index (χ3n) is 8.51.